The van der Waals surface area contributed by atoms with Crippen LogP contribution in [-0.4, -0.2) is 23.5 Å². The molecule has 0 aliphatic carbocycles. The smallest absolute Gasteiger partial charge is 0.383 e. The Bertz CT molecular complexity index is 310. The summed E-state index contributed by atoms with van der Waals surface area (Å²) >= 11 is 1.61. The molecule has 3 nitrogen and oxygen atoms in total. The zero-order valence-electron chi connectivity index (χ0n) is 7.31. The van der Waals surface area contributed by atoms with Crippen molar-refractivity contribution in [2.24, 2.45) is 0 Å². The van der Waals surface area contributed by atoms with Gasteiger partial charge in [-0.15, -0.1) is 0 Å². The highest BCUT2D eigenvalue weighted by molar-refractivity contribution is 14.1. The minimum absolute atomic E-state index is 0.103. The van der Waals surface area contributed by atoms with Gasteiger partial charge in [0.15, 0.2) is 5.69 Å². The van der Waals surface area contributed by atoms with E-state index >= 15 is 0 Å². The predicted molar refractivity (Wildman–Crippen MR) is 51.8 cm³/mol. The van der Waals surface area contributed by atoms with E-state index in [1.807, 2.05) is 0 Å². The molecule has 80 valence electrons. The van der Waals surface area contributed by atoms with Gasteiger partial charge in [-0.3, -0.25) is 4.68 Å². The van der Waals surface area contributed by atoms with Gasteiger partial charge in [0.05, 0.1) is 16.7 Å². The average molecular weight is 320 g/mol. The largest absolute Gasteiger partial charge is 0.436 e. The minimum Gasteiger partial charge on any atom is -0.383 e. The highest BCUT2D eigenvalue weighted by atomic mass is 127. The fourth-order valence-corrected chi connectivity index (χ4v) is 1.62. The van der Waals surface area contributed by atoms with Gasteiger partial charge in [-0.05, 0) is 22.6 Å². The van der Waals surface area contributed by atoms with Gasteiger partial charge in [0, 0.05) is 13.3 Å². The van der Waals surface area contributed by atoms with E-state index in [2.05, 4.69) is 5.10 Å². The van der Waals surface area contributed by atoms with Crippen LogP contribution >= 0.6 is 22.6 Å². The van der Waals surface area contributed by atoms with Crippen LogP contribution in [0, 0.1) is 3.57 Å². The molecule has 0 aromatic carbocycles. The van der Waals surface area contributed by atoms with Gasteiger partial charge in [0.25, 0.3) is 0 Å². The van der Waals surface area contributed by atoms with Gasteiger partial charge < -0.3 is 4.74 Å². The topological polar surface area (TPSA) is 27.1 Å². The van der Waals surface area contributed by atoms with E-state index in [-0.39, 0.29) is 3.57 Å². The Balaban J connectivity index is 2.83. The third-order valence-electron chi connectivity index (χ3n) is 1.51. The fraction of sp³-hybridized carbons (Fsp3) is 0.571. The van der Waals surface area contributed by atoms with Crippen molar-refractivity contribution in [1.29, 1.82) is 0 Å². The Morgan fingerprint density at radius 3 is 2.64 bits per heavy atom. The average Bonchev–Trinajstić information content (AvgIpc) is 2.42. The van der Waals surface area contributed by atoms with Crippen molar-refractivity contribution in [3.05, 3.63) is 15.5 Å². The van der Waals surface area contributed by atoms with E-state index in [9.17, 15) is 13.2 Å². The predicted octanol–water partition coefficient (Wildman–Crippen LogP) is 2.15. The number of aromatic nitrogens is 2. The molecule has 0 spiro atoms. The Labute approximate surface area is 92.4 Å². The summed E-state index contributed by atoms with van der Waals surface area (Å²) in [4.78, 5) is 0. The van der Waals surface area contributed by atoms with Crippen LogP contribution in [0.15, 0.2) is 6.20 Å². The number of hydrogen-bond donors (Lipinski definition) is 0. The first-order valence-corrected chi connectivity index (χ1v) is 4.82. The standard InChI is InChI=1S/C7H8F3IN2O/c1-14-3-2-13-4-5(11)6(12-13)7(8,9)10/h4H,2-3H2,1H3. The molecular weight excluding hydrogens is 312 g/mol. The number of alkyl halides is 3. The van der Waals surface area contributed by atoms with Crippen molar-refractivity contribution in [1.82, 2.24) is 9.78 Å². The van der Waals surface area contributed by atoms with E-state index in [1.54, 1.807) is 22.6 Å². The van der Waals surface area contributed by atoms with E-state index in [0.29, 0.717) is 13.2 Å². The van der Waals surface area contributed by atoms with Crippen LogP contribution < -0.4 is 0 Å². The number of methoxy groups -OCH3 is 1. The highest BCUT2D eigenvalue weighted by Crippen LogP contribution is 2.31. The monoisotopic (exact) mass is 320 g/mol. The van der Waals surface area contributed by atoms with Crippen LogP contribution in [-0.2, 0) is 17.5 Å². The van der Waals surface area contributed by atoms with Crippen molar-refractivity contribution in [2.75, 3.05) is 13.7 Å². The van der Waals surface area contributed by atoms with Crippen molar-refractivity contribution < 1.29 is 17.9 Å². The van der Waals surface area contributed by atoms with Crippen LogP contribution in [0.25, 0.3) is 0 Å². The Morgan fingerprint density at radius 1 is 1.57 bits per heavy atom. The summed E-state index contributed by atoms with van der Waals surface area (Å²) in [5.41, 5.74) is -0.839. The summed E-state index contributed by atoms with van der Waals surface area (Å²) < 4.78 is 42.9. The maximum absolute atomic E-state index is 12.3. The van der Waals surface area contributed by atoms with Crippen molar-refractivity contribution >= 4 is 22.6 Å². The summed E-state index contributed by atoms with van der Waals surface area (Å²) in [6.07, 6.45) is -3.03. The maximum atomic E-state index is 12.3. The van der Waals surface area contributed by atoms with Crippen molar-refractivity contribution in [3.8, 4) is 0 Å². The van der Waals surface area contributed by atoms with Crippen LogP contribution in [0.2, 0.25) is 0 Å². The van der Waals surface area contributed by atoms with Crippen LogP contribution in [0.1, 0.15) is 5.69 Å². The molecule has 0 saturated carbocycles. The molecular formula is C7H8F3IN2O. The minimum atomic E-state index is -4.38. The van der Waals surface area contributed by atoms with Crippen LogP contribution in [0.4, 0.5) is 13.2 Å². The van der Waals surface area contributed by atoms with Gasteiger partial charge in [0.2, 0.25) is 0 Å². The van der Waals surface area contributed by atoms with Gasteiger partial charge in [-0.2, -0.15) is 18.3 Å². The molecule has 0 saturated heterocycles. The molecule has 1 rings (SSSR count). The molecule has 1 heterocycles. The Kier molecular flexibility index (Phi) is 3.76. The number of nitrogens with zero attached hydrogens (tertiary/aromatic N) is 2. The maximum Gasteiger partial charge on any atom is 0.436 e. The van der Waals surface area contributed by atoms with E-state index < -0.39 is 11.9 Å². The molecule has 1 aromatic rings. The summed E-state index contributed by atoms with van der Waals surface area (Å²) in [5.74, 6) is 0. The normalized spacial score (nSPS) is 12.1. The lowest BCUT2D eigenvalue weighted by Crippen LogP contribution is -2.10. The van der Waals surface area contributed by atoms with Crippen LogP contribution in [0.5, 0.6) is 0 Å². The Morgan fingerprint density at radius 2 is 2.21 bits per heavy atom. The van der Waals surface area contributed by atoms with Gasteiger partial charge in [0.1, 0.15) is 0 Å². The summed E-state index contributed by atoms with van der Waals surface area (Å²) in [6.45, 7) is 0.664. The van der Waals surface area contributed by atoms with Gasteiger partial charge in [-0.1, -0.05) is 0 Å². The SMILES string of the molecule is COCCn1cc(I)c(C(F)(F)F)n1. The highest BCUT2D eigenvalue weighted by Gasteiger charge is 2.36. The lowest BCUT2D eigenvalue weighted by Gasteiger charge is -2.02. The molecule has 0 fully saturated rings. The number of halogens is 4. The van der Waals surface area contributed by atoms with Gasteiger partial charge >= 0.3 is 6.18 Å². The molecule has 0 bridgehead atoms. The van der Waals surface area contributed by atoms with Gasteiger partial charge in [-0.25, -0.2) is 0 Å². The summed E-state index contributed by atoms with van der Waals surface area (Å²) in [7, 11) is 1.49. The second-order valence-electron chi connectivity index (χ2n) is 2.58. The summed E-state index contributed by atoms with van der Waals surface area (Å²) in [5, 5.41) is 3.42. The van der Waals surface area contributed by atoms with Crippen molar-refractivity contribution in [2.45, 2.75) is 12.7 Å². The molecule has 0 aliphatic heterocycles. The third-order valence-corrected chi connectivity index (χ3v) is 2.30. The molecule has 0 aliphatic rings. The van der Waals surface area contributed by atoms with Crippen LogP contribution in [0.3, 0.4) is 0 Å². The van der Waals surface area contributed by atoms with E-state index in [4.69, 9.17) is 4.74 Å². The molecule has 7 heteroatoms. The molecule has 1 aromatic heterocycles. The second kappa shape index (κ2) is 4.47. The lowest BCUT2D eigenvalue weighted by molar-refractivity contribution is -0.142. The number of rotatable bonds is 3. The summed E-state index contributed by atoms with van der Waals surface area (Å²) in [6, 6.07) is 0. The fourth-order valence-electron chi connectivity index (χ4n) is 0.889. The van der Waals surface area contributed by atoms with E-state index in [0.717, 1.165) is 0 Å². The lowest BCUT2D eigenvalue weighted by atomic mass is 10.4. The molecule has 0 amide bonds. The first-order valence-electron chi connectivity index (χ1n) is 3.74. The van der Waals surface area contributed by atoms with E-state index in [1.165, 1.54) is 18.0 Å². The zero-order valence-corrected chi connectivity index (χ0v) is 9.46. The molecule has 0 radical (unpaired) electrons. The quantitative estimate of drug-likeness (QED) is 0.798. The first kappa shape index (κ1) is 11.8. The molecule has 0 N–H and O–H groups in total. The molecule has 14 heavy (non-hydrogen) atoms. The second-order valence-corrected chi connectivity index (χ2v) is 3.74. The molecule has 0 unspecified atom stereocenters. The number of ether oxygens (including phenoxy) is 1. The zero-order chi connectivity index (χ0) is 10.8. The molecule has 0 atom stereocenters. The first-order chi connectivity index (χ1) is 6.45. The third kappa shape index (κ3) is 2.84. The number of hydrogen-bond acceptors (Lipinski definition) is 2. The Hall–Kier alpha value is -0.310. The van der Waals surface area contributed by atoms with Crippen molar-refractivity contribution in [3.63, 3.8) is 0 Å².